The minimum atomic E-state index is -0.286. The van der Waals surface area contributed by atoms with Crippen LogP contribution in [0.5, 0.6) is 0 Å². The Morgan fingerprint density at radius 3 is 2.41 bits per heavy atom. The molecule has 0 fully saturated rings. The van der Waals surface area contributed by atoms with E-state index in [-0.39, 0.29) is 5.82 Å². The molecule has 0 bridgehead atoms. The summed E-state index contributed by atoms with van der Waals surface area (Å²) >= 11 is 6.10. The lowest BCUT2D eigenvalue weighted by Crippen LogP contribution is -1.89. The van der Waals surface area contributed by atoms with Crippen molar-refractivity contribution in [3.63, 3.8) is 0 Å². The maximum Gasteiger partial charge on any atom is 0.150 e. The molecule has 0 saturated carbocycles. The number of carbonyl (C=O) groups is 1. The Morgan fingerprint density at radius 2 is 1.82 bits per heavy atom. The van der Waals surface area contributed by atoms with Gasteiger partial charge in [0.15, 0.2) is 0 Å². The number of hydrogen-bond acceptors (Lipinski definition) is 1. The Hall–Kier alpha value is -1.67. The van der Waals surface area contributed by atoms with Crippen LogP contribution in [0.1, 0.15) is 15.9 Å². The average Bonchev–Trinajstić information content (AvgIpc) is 2.33. The molecule has 0 aromatic heterocycles. The molecule has 0 radical (unpaired) electrons. The molecule has 2 aromatic rings. The Labute approximate surface area is 104 Å². The highest BCUT2D eigenvalue weighted by Gasteiger charge is 2.07. The molecule has 86 valence electrons. The van der Waals surface area contributed by atoms with Crippen molar-refractivity contribution in [3.8, 4) is 11.1 Å². The van der Waals surface area contributed by atoms with Crippen molar-refractivity contribution in [1.82, 2.24) is 0 Å². The van der Waals surface area contributed by atoms with E-state index in [1.807, 2.05) is 13.0 Å². The van der Waals surface area contributed by atoms with E-state index in [2.05, 4.69) is 0 Å². The summed E-state index contributed by atoms with van der Waals surface area (Å²) in [6.45, 7) is 1.84. The maximum absolute atomic E-state index is 12.8. The summed E-state index contributed by atoms with van der Waals surface area (Å²) in [5.74, 6) is -0.286. The summed E-state index contributed by atoms with van der Waals surface area (Å²) in [6, 6.07) is 9.55. The molecule has 0 aliphatic rings. The van der Waals surface area contributed by atoms with E-state index >= 15 is 0 Å². The van der Waals surface area contributed by atoms with E-state index in [0.717, 1.165) is 23.0 Å². The van der Waals surface area contributed by atoms with Crippen LogP contribution in [-0.4, -0.2) is 6.29 Å². The van der Waals surface area contributed by atoms with Crippen molar-refractivity contribution in [1.29, 1.82) is 0 Å². The van der Waals surface area contributed by atoms with Gasteiger partial charge in [0.25, 0.3) is 0 Å². The fourth-order valence-electron chi connectivity index (χ4n) is 1.67. The first-order valence-corrected chi connectivity index (χ1v) is 5.51. The average molecular weight is 249 g/mol. The standard InChI is InChI=1S/C14H10ClFO/c1-9-6-13(14(15)7-11(9)8-17)10-2-4-12(16)5-3-10/h2-8H,1H3. The number of aldehydes is 1. The molecule has 0 spiro atoms. The fraction of sp³-hybridized carbons (Fsp3) is 0.0714. The van der Waals surface area contributed by atoms with Gasteiger partial charge in [-0.25, -0.2) is 4.39 Å². The zero-order valence-electron chi connectivity index (χ0n) is 9.21. The summed E-state index contributed by atoms with van der Waals surface area (Å²) in [6.07, 6.45) is 0.773. The molecule has 1 nitrogen and oxygen atoms in total. The third-order valence-corrected chi connectivity index (χ3v) is 2.95. The largest absolute Gasteiger partial charge is 0.298 e. The number of benzene rings is 2. The van der Waals surface area contributed by atoms with Crippen LogP contribution in [0, 0.1) is 12.7 Å². The highest BCUT2D eigenvalue weighted by molar-refractivity contribution is 6.33. The van der Waals surface area contributed by atoms with Crippen molar-refractivity contribution in [3.05, 3.63) is 58.4 Å². The van der Waals surface area contributed by atoms with E-state index in [9.17, 15) is 9.18 Å². The molecule has 0 amide bonds. The van der Waals surface area contributed by atoms with E-state index < -0.39 is 0 Å². The predicted octanol–water partition coefficient (Wildman–Crippen LogP) is 4.27. The molecule has 2 rings (SSSR count). The van der Waals surface area contributed by atoms with Crippen LogP contribution < -0.4 is 0 Å². The molecular weight excluding hydrogens is 239 g/mol. The van der Waals surface area contributed by atoms with Gasteiger partial charge in [0.05, 0.1) is 0 Å². The number of hydrogen-bond donors (Lipinski definition) is 0. The highest BCUT2D eigenvalue weighted by Crippen LogP contribution is 2.30. The van der Waals surface area contributed by atoms with Gasteiger partial charge in [-0.3, -0.25) is 4.79 Å². The maximum atomic E-state index is 12.8. The van der Waals surface area contributed by atoms with Gasteiger partial charge in [0, 0.05) is 16.1 Å². The topological polar surface area (TPSA) is 17.1 Å². The quantitative estimate of drug-likeness (QED) is 0.726. The summed E-state index contributed by atoms with van der Waals surface area (Å²) in [7, 11) is 0. The van der Waals surface area contributed by atoms with Crippen molar-refractivity contribution >= 4 is 17.9 Å². The normalized spacial score (nSPS) is 10.3. The van der Waals surface area contributed by atoms with Crippen LogP contribution in [0.15, 0.2) is 36.4 Å². The van der Waals surface area contributed by atoms with Gasteiger partial charge in [0.2, 0.25) is 0 Å². The van der Waals surface area contributed by atoms with Crippen LogP contribution >= 0.6 is 11.6 Å². The number of rotatable bonds is 2. The van der Waals surface area contributed by atoms with Crippen molar-refractivity contribution in [2.75, 3.05) is 0 Å². The number of aryl methyl sites for hydroxylation is 1. The second-order valence-corrected chi connectivity index (χ2v) is 4.22. The van der Waals surface area contributed by atoms with Gasteiger partial charge >= 0.3 is 0 Å². The molecule has 0 atom stereocenters. The van der Waals surface area contributed by atoms with Crippen molar-refractivity contribution in [2.24, 2.45) is 0 Å². The Balaban J connectivity index is 2.56. The molecule has 0 N–H and O–H groups in total. The van der Waals surface area contributed by atoms with Gasteiger partial charge in [0.1, 0.15) is 12.1 Å². The smallest absolute Gasteiger partial charge is 0.150 e. The van der Waals surface area contributed by atoms with Crippen LogP contribution in [0.4, 0.5) is 4.39 Å². The molecule has 3 heteroatoms. The summed E-state index contributed by atoms with van der Waals surface area (Å²) in [5.41, 5.74) is 3.05. The third-order valence-electron chi connectivity index (χ3n) is 2.64. The van der Waals surface area contributed by atoms with Gasteiger partial charge < -0.3 is 0 Å². The minimum Gasteiger partial charge on any atom is -0.298 e. The molecule has 2 aromatic carbocycles. The lowest BCUT2D eigenvalue weighted by Gasteiger charge is -2.08. The van der Waals surface area contributed by atoms with Crippen LogP contribution in [0.2, 0.25) is 5.02 Å². The molecule has 17 heavy (non-hydrogen) atoms. The Bertz CT molecular complexity index is 561. The predicted molar refractivity (Wildman–Crippen MR) is 67.0 cm³/mol. The molecule has 0 aliphatic carbocycles. The van der Waals surface area contributed by atoms with Crippen molar-refractivity contribution in [2.45, 2.75) is 6.92 Å². The van der Waals surface area contributed by atoms with E-state index in [0.29, 0.717) is 10.6 Å². The zero-order chi connectivity index (χ0) is 12.4. The van der Waals surface area contributed by atoms with Gasteiger partial charge in [-0.1, -0.05) is 23.7 Å². The lowest BCUT2D eigenvalue weighted by atomic mass is 10.0. The zero-order valence-corrected chi connectivity index (χ0v) is 9.96. The van der Waals surface area contributed by atoms with E-state index in [1.165, 1.54) is 12.1 Å². The number of halogens is 2. The highest BCUT2D eigenvalue weighted by atomic mass is 35.5. The first kappa shape index (κ1) is 11.8. The first-order valence-electron chi connectivity index (χ1n) is 5.13. The SMILES string of the molecule is Cc1cc(-c2ccc(F)cc2)c(Cl)cc1C=O. The molecule has 0 aliphatic heterocycles. The third kappa shape index (κ3) is 2.37. The van der Waals surface area contributed by atoms with Crippen LogP contribution in [0.3, 0.4) is 0 Å². The summed E-state index contributed by atoms with van der Waals surface area (Å²) in [4.78, 5) is 10.8. The Kier molecular flexibility index (Phi) is 3.25. The molecular formula is C14H10ClFO. The Morgan fingerprint density at radius 1 is 1.18 bits per heavy atom. The molecule has 0 heterocycles. The van der Waals surface area contributed by atoms with Gasteiger partial charge in [-0.2, -0.15) is 0 Å². The number of carbonyl (C=O) groups excluding carboxylic acids is 1. The van der Waals surface area contributed by atoms with Gasteiger partial charge in [-0.05, 0) is 42.3 Å². The van der Waals surface area contributed by atoms with E-state index in [1.54, 1.807) is 18.2 Å². The lowest BCUT2D eigenvalue weighted by molar-refractivity contribution is 0.112. The van der Waals surface area contributed by atoms with Crippen molar-refractivity contribution < 1.29 is 9.18 Å². The van der Waals surface area contributed by atoms with E-state index in [4.69, 9.17) is 11.6 Å². The van der Waals surface area contributed by atoms with Gasteiger partial charge in [-0.15, -0.1) is 0 Å². The summed E-state index contributed by atoms with van der Waals surface area (Å²) in [5, 5.41) is 0.490. The second-order valence-electron chi connectivity index (χ2n) is 3.81. The molecule has 0 unspecified atom stereocenters. The molecule has 0 saturated heterocycles. The van der Waals surface area contributed by atoms with Crippen LogP contribution in [-0.2, 0) is 0 Å². The summed E-state index contributed by atoms with van der Waals surface area (Å²) < 4.78 is 12.8. The second kappa shape index (κ2) is 4.68. The van der Waals surface area contributed by atoms with Crippen LogP contribution in [0.25, 0.3) is 11.1 Å². The monoisotopic (exact) mass is 248 g/mol. The fourth-order valence-corrected chi connectivity index (χ4v) is 1.96. The minimum absolute atomic E-state index is 0.286. The first-order chi connectivity index (χ1) is 8.11.